The Hall–Kier alpha value is -6.55. The van der Waals surface area contributed by atoms with Crippen LogP contribution >= 0.6 is 0 Å². The second-order valence-corrected chi connectivity index (χ2v) is 19.8. The number of rotatable bonds is 12. The zero-order valence-corrected chi connectivity index (χ0v) is 41.7. The molecule has 3 aromatic heterocycles. The minimum absolute atomic E-state index is 0. The quantitative estimate of drug-likeness (QED) is 0.0903. The van der Waals surface area contributed by atoms with Crippen LogP contribution in [0.3, 0.4) is 0 Å². The van der Waals surface area contributed by atoms with Gasteiger partial charge in [-0.2, -0.15) is 18.2 Å². The van der Waals surface area contributed by atoms with Crippen molar-refractivity contribution in [2.24, 2.45) is 17.3 Å². The Labute approximate surface area is 410 Å². The molecule has 0 aliphatic rings. The Morgan fingerprint density at radius 1 is 0.597 bits per heavy atom. The maximum atomic E-state index is 6.68. The summed E-state index contributed by atoms with van der Waals surface area (Å²) in [7, 11) is 0. The van der Waals surface area contributed by atoms with Gasteiger partial charge in [-0.15, -0.1) is 29.7 Å². The molecule has 10 aromatic rings. The van der Waals surface area contributed by atoms with Crippen LogP contribution in [0.2, 0.25) is 0 Å². The normalized spacial score (nSPS) is 11.8. The van der Waals surface area contributed by atoms with Gasteiger partial charge in [0.15, 0.2) is 0 Å². The van der Waals surface area contributed by atoms with E-state index in [9.17, 15) is 0 Å². The van der Waals surface area contributed by atoms with Crippen molar-refractivity contribution in [2.75, 3.05) is 0 Å². The third-order valence-electron chi connectivity index (χ3n) is 12.1. The molecule has 0 unspecified atom stereocenters. The first-order chi connectivity index (χ1) is 32.0. The molecule has 0 N–H and O–H groups in total. The molecule has 0 aliphatic carbocycles. The van der Waals surface area contributed by atoms with Gasteiger partial charge in [0, 0.05) is 44.3 Å². The number of benzene rings is 7. The third kappa shape index (κ3) is 9.53. The summed E-state index contributed by atoms with van der Waals surface area (Å²) < 4.78 is 13.2. The summed E-state index contributed by atoms with van der Waals surface area (Å²) >= 11 is 0. The molecular formula is C61H56N4OPt-2. The number of aromatic nitrogens is 4. The van der Waals surface area contributed by atoms with Crippen LogP contribution in [-0.2, 0) is 40.3 Å². The van der Waals surface area contributed by atoms with Crippen LogP contribution in [-0.4, -0.2) is 14.1 Å². The van der Waals surface area contributed by atoms with Crippen LogP contribution in [0, 0.1) is 35.7 Å². The van der Waals surface area contributed by atoms with E-state index in [-0.39, 0.29) is 26.5 Å². The minimum Gasteiger partial charge on any atom is -0.510 e. The van der Waals surface area contributed by atoms with Crippen molar-refractivity contribution in [3.63, 3.8) is 0 Å². The monoisotopic (exact) mass is 1060 g/mol. The maximum absolute atomic E-state index is 6.68. The van der Waals surface area contributed by atoms with Crippen LogP contribution in [0.5, 0.6) is 11.5 Å². The smallest absolute Gasteiger partial charge is 0.268 e. The number of hydrogen-bond donors (Lipinski definition) is 0. The first-order valence-electron chi connectivity index (χ1n) is 23.3. The van der Waals surface area contributed by atoms with Crippen molar-refractivity contribution in [1.82, 2.24) is 14.1 Å². The topological polar surface area (TPSA) is 35.9 Å². The van der Waals surface area contributed by atoms with Gasteiger partial charge in [-0.05, 0) is 105 Å². The standard InChI is InChI=1S/C61H56N4O.Pt/c1-41(2)32-43-16-12-18-46(34-43)51-23-15-24-52(47-19-13-17-44(35-47)33-42(3)4)60(51)64-40-63(56-26-10-11-27-57(56)64)48-20-14-21-49(37-48)66-50-28-29-54-53-22-8-9-25-55(53)65(58(54)38-50)59-36-45(30-31-62-59)39-61(5,6)7;/h8-31,34-36,41-42H,32-33,39H2,1-7H3;/q-2;. The van der Waals surface area contributed by atoms with Crippen molar-refractivity contribution in [3.05, 3.63) is 199 Å². The van der Waals surface area contributed by atoms with Gasteiger partial charge < -0.3 is 13.9 Å². The Balaban J connectivity index is 0.00000562. The fourth-order valence-corrected chi connectivity index (χ4v) is 9.55. The van der Waals surface area contributed by atoms with Crippen molar-refractivity contribution in [1.29, 1.82) is 0 Å². The SMILES string of the molecule is CC(C)Cc1cccc(-c2cccc(-c3cccc(CC(C)C)c3)c2-[n+]2[c-]n(-c3[c-]c(Oc4[c-]c5c(cc4)c4ccccc4n5-c4cc(CC(C)(C)C)ccn4)ccc3)c3ccccc32)c1.[Pt]. The van der Waals surface area contributed by atoms with Crippen LogP contribution in [0.4, 0.5) is 0 Å². The molecule has 0 saturated heterocycles. The molecule has 10 rings (SSSR count). The maximum Gasteiger partial charge on any atom is 0.268 e. The molecule has 67 heavy (non-hydrogen) atoms. The van der Waals surface area contributed by atoms with Gasteiger partial charge in [-0.1, -0.05) is 163 Å². The number of hydrogen-bond acceptors (Lipinski definition) is 2. The molecule has 0 fully saturated rings. The van der Waals surface area contributed by atoms with Crippen LogP contribution in [0.25, 0.3) is 72.3 Å². The Kier molecular flexibility index (Phi) is 12.9. The van der Waals surface area contributed by atoms with Gasteiger partial charge in [-0.3, -0.25) is 4.57 Å². The van der Waals surface area contributed by atoms with Crippen molar-refractivity contribution < 1.29 is 30.4 Å². The largest absolute Gasteiger partial charge is 0.510 e. The summed E-state index contributed by atoms with van der Waals surface area (Å²) in [5.41, 5.74) is 14.7. The van der Waals surface area contributed by atoms with Gasteiger partial charge in [0.1, 0.15) is 5.82 Å². The summed E-state index contributed by atoms with van der Waals surface area (Å²) in [5.74, 6) is 3.15. The third-order valence-corrected chi connectivity index (χ3v) is 12.1. The molecule has 0 spiro atoms. The number of para-hydroxylation sites is 4. The van der Waals surface area contributed by atoms with Crippen LogP contribution < -0.4 is 9.30 Å². The van der Waals surface area contributed by atoms with Crippen LogP contribution in [0.1, 0.15) is 65.2 Å². The number of imidazole rings is 1. The van der Waals surface area contributed by atoms with E-state index in [1.54, 1.807) is 0 Å². The molecule has 6 heteroatoms. The molecule has 0 saturated carbocycles. The Morgan fingerprint density at radius 2 is 1.22 bits per heavy atom. The molecule has 338 valence electrons. The van der Waals surface area contributed by atoms with Gasteiger partial charge in [0.2, 0.25) is 0 Å². The molecule has 0 atom stereocenters. The fraction of sp³-hybridized carbons (Fsp3) is 0.213. The second kappa shape index (κ2) is 19.0. The first kappa shape index (κ1) is 45.6. The van der Waals surface area contributed by atoms with E-state index in [4.69, 9.17) is 9.72 Å². The van der Waals surface area contributed by atoms with E-state index >= 15 is 0 Å². The summed E-state index contributed by atoms with van der Waals surface area (Å²) in [4.78, 5) is 4.88. The Morgan fingerprint density at radius 3 is 1.91 bits per heavy atom. The molecule has 5 nitrogen and oxygen atoms in total. The van der Waals surface area contributed by atoms with Crippen molar-refractivity contribution in [2.45, 2.75) is 67.7 Å². The summed E-state index contributed by atoms with van der Waals surface area (Å²) in [6.45, 7) is 15.9. The van der Waals surface area contributed by atoms with E-state index in [2.05, 4.69) is 220 Å². The number of nitrogens with zero attached hydrogens (tertiary/aromatic N) is 4. The molecular weight excluding hydrogens is 1000 g/mol. The number of pyridine rings is 1. The van der Waals surface area contributed by atoms with Crippen molar-refractivity contribution in [3.8, 4) is 50.9 Å². The molecule has 0 radical (unpaired) electrons. The molecule has 3 heterocycles. The summed E-state index contributed by atoms with van der Waals surface area (Å²) in [6.07, 6.45) is 8.74. The van der Waals surface area contributed by atoms with E-state index in [0.717, 1.165) is 80.4 Å². The van der Waals surface area contributed by atoms with Gasteiger partial charge >= 0.3 is 0 Å². The molecule has 0 bridgehead atoms. The van der Waals surface area contributed by atoms with E-state index in [0.29, 0.717) is 23.3 Å². The second-order valence-electron chi connectivity index (χ2n) is 19.8. The average Bonchev–Trinajstić information content (AvgIpc) is 3.84. The predicted molar refractivity (Wildman–Crippen MR) is 271 cm³/mol. The molecule has 7 aromatic carbocycles. The number of fused-ring (bicyclic) bond motifs is 4. The van der Waals surface area contributed by atoms with Gasteiger partial charge in [-0.25, -0.2) is 4.98 Å². The van der Waals surface area contributed by atoms with Gasteiger partial charge in [0.05, 0.1) is 16.7 Å². The van der Waals surface area contributed by atoms with E-state index in [1.165, 1.54) is 27.8 Å². The van der Waals surface area contributed by atoms with Crippen LogP contribution in [0.15, 0.2) is 164 Å². The average molecular weight is 1060 g/mol. The van der Waals surface area contributed by atoms with Gasteiger partial charge in [0.25, 0.3) is 6.33 Å². The fourth-order valence-electron chi connectivity index (χ4n) is 9.55. The number of ether oxygens (including phenoxy) is 1. The summed E-state index contributed by atoms with van der Waals surface area (Å²) in [5, 5.41) is 2.24. The zero-order chi connectivity index (χ0) is 45.5. The van der Waals surface area contributed by atoms with E-state index in [1.807, 2.05) is 24.4 Å². The minimum atomic E-state index is 0. The first-order valence-corrected chi connectivity index (χ1v) is 23.3. The Bertz CT molecular complexity index is 3310. The molecule has 0 aliphatic heterocycles. The van der Waals surface area contributed by atoms with E-state index < -0.39 is 0 Å². The predicted octanol–water partition coefficient (Wildman–Crippen LogP) is 14.9. The summed E-state index contributed by atoms with van der Waals surface area (Å²) in [6, 6.07) is 63.6. The zero-order valence-electron chi connectivity index (χ0n) is 39.4. The molecule has 0 amide bonds. The van der Waals surface area contributed by atoms with Crippen molar-refractivity contribution >= 4 is 32.8 Å².